The van der Waals surface area contributed by atoms with Gasteiger partial charge in [-0.15, -0.1) is 0 Å². The summed E-state index contributed by atoms with van der Waals surface area (Å²) >= 11 is 0. The van der Waals surface area contributed by atoms with Gasteiger partial charge in [-0.3, -0.25) is 0 Å². The normalized spacial score (nSPS) is 10.9. The van der Waals surface area contributed by atoms with Crippen LogP contribution in [0, 0.1) is 0 Å². The molecule has 0 atom stereocenters. The molecule has 0 aromatic carbocycles. The van der Waals surface area contributed by atoms with Crippen molar-refractivity contribution in [2.75, 3.05) is 0 Å². The van der Waals surface area contributed by atoms with Crippen LogP contribution < -0.4 is 0 Å². The van der Waals surface area contributed by atoms with E-state index in [0.717, 1.165) is 11.9 Å². The molecule has 0 amide bonds. The minimum atomic E-state index is 0.136. The van der Waals surface area contributed by atoms with Gasteiger partial charge in [-0.05, 0) is 5.57 Å². The Labute approximate surface area is 56.8 Å². The van der Waals surface area contributed by atoms with E-state index in [1.54, 1.807) is 12.2 Å². The molecule has 0 bridgehead atoms. The smallest absolute Gasteiger partial charge is 0.110 e. The highest BCUT2D eigenvalue weighted by atomic mass is 16.3. The summed E-state index contributed by atoms with van der Waals surface area (Å²) in [5, 5.41) is 8.83. The van der Waals surface area contributed by atoms with Crippen LogP contribution in [0.1, 0.15) is 0 Å². The first-order chi connectivity index (χ1) is 4.22. The monoisotopic (exact) mass is 122 g/mol. The fraction of sp³-hybridized carbons (Fsp3) is 0.143. The van der Waals surface area contributed by atoms with Gasteiger partial charge in [0, 0.05) is 0 Å². The first kappa shape index (κ1) is 8.08. The number of aliphatic hydroxyl groups is 1. The minimum Gasteiger partial charge on any atom is -0.508 e. The van der Waals surface area contributed by atoms with Crippen molar-refractivity contribution in [1.29, 1.82) is 0 Å². The van der Waals surface area contributed by atoms with Crippen LogP contribution in [0.3, 0.4) is 0 Å². The largest absolute Gasteiger partial charge is 0.508 e. The maximum absolute atomic E-state index is 8.83. The Morgan fingerprint density at radius 1 is 1.67 bits per heavy atom. The topological polar surface area (TPSA) is 20.2 Å². The van der Waals surface area contributed by atoms with E-state index in [1.165, 1.54) is 0 Å². The average Bonchev–Trinajstić information content (AvgIpc) is 1.82. The summed E-state index contributed by atoms with van der Waals surface area (Å²) in [4.78, 5) is 0. The summed E-state index contributed by atoms with van der Waals surface area (Å²) < 4.78 is 0. The van der Waals surface area contributed by atoms with Gasteiger partial charge < -0.3 is 5.11 Å². The molecule has 0 aliphatic carbocycles. The Kier molecular flexibility index (Phi) is 3.61. The van der Waals surface area contributed by atoms with Crippen molar-refractivity contribution < 1.29 is 5.11 Å². The molecule has 0 fully saturated rings. The fourth-order valence-electron chi connectivity index (χ4n) is 0.560. The summed E-state index contributed by atoms with van der Waals surface area (Å²) in [7, 11) is 1.96. The first-order valence-electron chi connectivity index (χ1n) is 2.92. The number of hydrogen-bond acceptors (Lipinski definition) is 1. The third-order valence-corrected chi connectivity index (χ3v) is 1.07. The summed E-state index contributed by atoms with van der Waals surface area (Å²) in [6.45, 7) is 6.89. The van der Waals surface area contributed by atoms with Crippen molar-refractivity contribution in [3.8, 4) is 0 Å². The zero-order chi connectivity index (χ0) is 7.28. The molecule has 0 heterocycles. The third kappa shape index (κ3) is 2.80. The maximum Gasteiger partial charge on any atom is 0.110 e. The lowest BCUT2D eigenvalue weighted by atomic mass is 9.95. The molecule has 1 N–H and O–H groups in total. The van der Waals surface area contributed by atoms with E-state index in [2.05, 4.69) is 13.2 Å². The Bertz CT molecular complexity index is 147. The Morgan fingerprint density at radius 2 is 2.22 bits per heavy atom. The molecular weight excluding hydrogens is 111 g/mol. The highest BCUT2D eigenvalue weighted by Crippen LogP contribution is 2.06. The molecule has 0 saturated heterocycles. The summed E-state index contributed by atoms with van der Waals surface area (Å²) in [5.74, 6) is 0.136. The average molecular weight is 122 g/mol. The molecule has 0 saturated carbocycles. The number of hydrogen-bond donors (Lipinski definition) is 1. The third-order valence-electron chi connectivity index (χ3n) is 1.07. The lowest BCUT2D eigenvalue weighted by Gasteiger charge is -1.97. The molecule has 9 heavy (non-hydrogen) atoms. The molecule has 0 unspecified atom stereocenters. The number of aliphatic hydroxyl groups excluding tert-OH is 1. The van der Waals surface area contributed by atoms with Crippen molar-refractivity contribution in [2.45, 2.75) is 6.32 Å². The maximum atomic E-state index is 8.83. The van der Waals surface area contributed by atoms with Gasteiger partial charge in [0.15, 0.2) is 0 Å². The zero-order valence-corrected chi connectivity index (χ0v) is 5.72. The molecule has 0 aliphatic rings. The Hall–Kier alpha value is -0.915. The standard InChI is InChI=1S/C7H11BO/c1-3-4-7(5-8)6(2)9/h3-4,9H,1-2,5,8H2/b7-4-. The van der Waals surface area contributed by atoms with Crippen molar-refractivity contribution >= 4 is 7.85 Å². The molecule has 0 aromatic heterocycles. The van der Waals surface area contributed by atoms with E-state index >= 15 is 0 Å². The second kappa shape index (κ2) is 4.01. The molecule has 0 aromatic rings. The molecule has 48 valence electrons. The first-order valence-corrected chi connectivity index (χ1v) is 2.92. The fourth-order valence-corrected chi connectivity index (χ4v) is 0.560. The lowest BCUT2D eigenvalue weighted by molar-refractivity contribution is 0.426. The van der Waals surface area contributed by atoms with E-state index in [0.29, 0.717) is 0 Å². The molecule has 0 spiro atoms. The van der Waals surface area contributed by atoms with Crippen molar-refractivity contribution in [3.05, 3.63) is 36.6 Å². The molecule has 0 rings (SSSR count). The Balaban J connectivity index is 4.14. The van der Waals surface area contributed by atoms with Gasteiger partial charge in [-0.1, -0.05) is 31.6 Å². The van der Waals surface area contributed by atoms with Gasteiger partial charge >= 0.3 is 0 Å². The van der Waals surface area contributed by atoms with Gasteiger partial charge in [-0.25, -0.2) is 0 Å². The van der Waals surface area contributed by atoms with Crippen LogP contribution in [-0.4, -0.2) is 13.0 Å². The van der Waals surface area contributed by atoms with E-state index in [-0.39, 0.29) is 5.76 Å². The quantitative estimate of drug-likeness (QED) is 0.339. The molecule has 0 radical (unpaired) electrons. The van der Waals surface area contributed by atoms with Gasteiger partial charge in [0.1, 0.15) is 13.6 Å². The van der Waals surface area contributed by atoms with Crippen LogP contribution >= 0.6 is 0 Å². The number of allylic oxidation sites excluding steroid dienone is 3. The summed E-state index contributed by atoms with van der Waals surface area (Å²) in [6, 6.07) is 0. The van der Waals surface area contributed by atoms with Crippen LogP contribution in [0.4, 0.5) is 0 Å². The number of rotatable bonds is 3. The Morgan fingerprint density at radius 3 is 2.33 bits per heavy atom. The lowest BCUT2D eigenvalue weighted by Crippen LogP contribution is -1.84. The SMILES string of the molecule is BC/C(=C/C=C)C(=C)O. The van der Waals surface area contributed by atoms with Crippen LogP contribution in [0.2, 0.25) is 6.32 Å². The summed E-state index contributed by atoms with van der Waals surface area (Å²) in [5.41, 5.74) is 0.838. The highest BCUT2D eigenvalue weighted by molar-refractivity contribution is 6.10. The van der Waals surface area contributed by atoms with Crippen LogP contribution in [-0.2, 0) is 0 Å². The molecule has 1 nitrogen and oxygen atoms in total. The second-order valence-corrected chi connectivity index (χ2v) is 1.73. The van der Waals surface area contributed by atoms with E-state index in [1.807, 2.05) is 7.85 Å². The van der Waals surface area contributed by atoms with Gasteiger partial charge in [-0.2, -0.15) is 0 Å². The summed E-state index contributed by atoms with van der Waals surface area (Å²) in [6.07, 6.45) is 4.18. The molecular formula is C7H11BO. The van der Waals surface area contributed by atoms with Crippen LogP contribution in [0.25, 0.3) is 0 Å². The van der Waals surface area contributed by atoms with Crippen molar-refractivity contribution in [3.63, 3.8) is 0 Å². The van der Waals surface area contributed by atoms with Gasteiger partial charge in [0.2, 0.25) is 0 Å². The highest BCUT2D eigenvalue weighted by Gasteiger charge is 1.92. The van der Waals surface area contributed by atoms with Crippen LogP contribution in [0.5, 0.6) is 0 Å². The predicted octanol–water partition coefficient (Wildman–Crippen LogP) is 1.22. The van der Waals surface area contributed by atoms with Crippen molar-refractivity contribution in [2.24, 2.45) is 0 Å². The molecule has 2 heteroatoms. The zero-order valence-electron chi connectivity index (χ0n) is 5.72. The van der Waals surface area contributed by atoms with Crippen molar-refractivity contribution in [1.82, 2.24) is 0 Å². The van der Waals surface area contributed by atoms with Gasteiger partial charge in [0.05, 0.1) is 0 Å². The van der Waals surface area contributed by atoms with Gasteiger partial charge in [0.25, 0.3) is 0 Å². The van der Waals surface area contributed by atoms with E-state index in [4.69, 9.17) is 5.11 Å². The molecule has 0 aliphatic heterocycles. The van der Waals surface area contributed by atoms with E-state index in [9.17, 15) is 0 Å². The van der Waals surface area contributed by atoms with Crippen LogP contribution in [0.15, 0.2) is 36.6 Å². The minimum absolute atomic E-state index is 0.136. The van der Waals surface area contributed by atoms with E-state index < -0.39 is 0 Å². The second-order valence-electron chi connectivity index (χ2n) is 1.73. The predicted molar refractivity (Wildman–Crippen MR) is 43.4 cm³/mol.